The molecule has 0 atom stereocenters. The van der Waals surface area contributed by atoms with Gasteiger partial charge in [0.05, 0.1) is 0 Å². The lowest BCUT2D eigenvalue weighted by molar-refractivity contribution is -0.116. The number of carbonyl (C=O) groups excluding carboxylic acids is 1. The maximum atomic E-state index is 12.0. The Balaban J connectivity index is 2.86. The third-order valence-electron chi connectivity index (χ3n) is 1.09. The van der Waals surface area contributed by atoms with Crippen LogP contribution in [-0.4, -0.2) is 10.9 Å². The van der Waals surface area contributed by atoms with Crippen molar-refractivity contribution in [1.29, 1.82) is 0 Å². The van der Waals surface area contributed by atoms with E-state index >= 15 is 0 Å². The highest BCUT2D eigenvalue weighted by atomic mass is 19.1. The summed E-state index contributed by atoms with van der Waals surface area (Å²) in [4.78, 5) is 10.2. The minimum Gasteiger partial charge on any atom is -0.509 e. The molecule has 1 rings (SSSR count). The molecule has 0 saturated heterocycles. The van der Waals surface area contributed by atoms with Gasteiger partial charge in [-0.05, 0) is 0 Å². The Morgan fingerprint density at radius 1 is 1.50 bits per heavy atom. The molecule has 0 unspecified atom stereocenters. The third kappa shape index (κ3) is 0.598. The summed E-state index contributed by atoms with van der Waals surface area (Å²) in [6.45, 7) is 0. The van der Waals surface area contributed by atoms with Gasteiger partial charge in [-0.25, -0.2) is 0 Å². The van der Waals surface area contributed by atoms with E-state index in [0.29, 0.717) is 0 Å². The lowest BCUT2D eigenvalue weighted by Gasteiger charge is -1.81. The average molecular weight is 116 g/mol. The Hall–Kier alpha value is -0.860. The number of allylic oxidation sites excluding steroid dienone is 2. The van der Waals surface area contributed by atoms with Gasteiger partial charge in [0, 0.05) is 12.8 Å². The molecule has 8 heavy (non-hydrogen) atoms. The second-order valence-electron chi connectivity index (χ2n) is 1.68. The number of carbonyl (C=O) groups is 1. The molecule has 2 nitrogen and oxygen atoms in total. The van der Waals surface area contributed by atoms with E-state index in [1.807, 2.05) is 0 Å². The first-order chi connectivity index (χ1) is 3.72. The van der Waals surface area contributed by atoms with Crippen LogP contribution in [-0.2, 0) is 4.79 Å². The van der Waals surface area contributed by atoms with Crippen molar-refractivity contribution in [3.8, 4) is 0 Å². The number of Topliss-reactive ketones (excluding diaryl/α,β-unsaturated/α-hetero) is 1. The lowest BCUT2D eigenvalue weighted by atomic mass is 10.3. The average Bonchev–Trinajstić information content (AvgIpc) is 1.98. The molecule has 0 radical (unpaired) electrons. The van der Waals surface area contributed by atoms with Crippen LogP contribution in [0.3, 0.4) is 0 Å². The second-order valence-corrected chi connectivity index (χ2v) is 1.68. The number of rotatable bonds is 0. The predicted octanol–water partition coefficient (Wildman–Crippen LogP) is 1.09. The molecule has 1 aliphatic carbocycles. The van der Waals surface area contributed by atoms with Crippen molar-refractivity contribution in [1.82, 2.24) is 0 Å². The minimum absolute atomic E-state index is 0.123. The molecule has 0 saturated carbocycles. The van der Waals surface area contributed by atoms with E-state index in [1.54, 1.807) is 0 Å². The first kappa shape index (κ1) is 5.28. The summed E-state index contributed by atoms with van der Waals surface area (Å²) in [6, 6.07) is 0. The van der Waals surface area contributed by atoms with Crippen LogP contribution in [0.4, 0.5) is 4.39 Å². The molecule has 1 N–H and O–H groups in total. The predicted molar refractivity (Wildman–Crippen MR) is 25.0 cm³/mol. The molecule has 0 spiro atoms. The van der Waals surface area contributed by atoms with Gasteiger partial charge in [0.2, 0.25) is 5.83 Å². The standard InChI is InChI=1S/C5H5FO2/c6-5-3(7)1-2-4(5)8/h7H,1-2H2. The second kappa shape index (κ2) is 1.58. The Labute approximate surface area is 45.6 Å². The van der Waals surface area contributed by atoms with Gasteiger partial charge >= 0.3 is 0 Å². The molecule has 3 heteroatoms. The molecule has 1 aliphatic rings. The van der Waals surface area contributed by atoms with Gasteiger partial charge in [0.25, 0.3) is 0 Å². The maximum Gasteiger partial charge on any atom is 0.203 e. The fourth-order valence-electron chi connectivity index (χ4n) is 0.612. The molecule has 0 aromatic carbocycles. The molecule has 0 aromatic heterocycles. The van der Waals surface area contributed by atoms with Gasteiger partial charge in [-0.2, -0.15) is 4.39 Å². The Kier molecular flexibility index (Phi) is 1.04. The van der Waals surface area contributed by atoms with Crippen LogP contribution < -0.4 is 0 Å². The quantitative estimate of drug-likeness (QED) is 0.514. The highest BCUT2D eigenvalue weighted by Crippen LogP contribution is 2.20. The van der Waals surface area contributed by atoms with E-state index in [1.165, 1.54) is 0 Å². The normalized spacial score (nSPS) is 20.4. The summed E-state index contributed by atoms with van der Waals surface area (Å²) >= 11 is 0. The van der Waals surface area contributed by atoms with E-state index in [9.17, 15) is 9.18 Å². The van der Waals surface area contributed by atoms with Crippen molar-refractivity contribution in [3.05, 3.63) is 11.6 Å². The number of ketones is 1. The molecular formula is C5H5FO2. The summed E-state index contributed by atoms with van der Waals surface area (Å²) in [5.41, 5.74) is 0. The molecule has 0 fully saturated rings. The van der Waals surface area contributed by atoms with Crippen LogP contribution in [0.1, 0.15) is 12.8 Å². The number of hydrogen-bond donors (Lipinski definition) is 1. The first-order valence-electron chi connectivity index (χ1n) is 2.32. The smallest absolute Gasteiger partial charge is 0.203 e. The van der Waals surface area contributed by atoms with Gasteiger partial charge in [-0.1, -0.05) is 0 Å². The minimum atomic E-state index is -0.954. The lowest BCUT2D eigenvalue weighted by Crippen LogP contribution is -1.88. The van der Waals surface area contributed by atoms with Crippen molar-refractivity contribution in [2.75, 3.05) is 0 Å². The van der Waals surface area contributed by atoms with E-state index in [4.69, 9.17) is 5.11 Å². The number of aliphatic hydroxyl groups is 1. The van der Waals surface area contributed by atoms with E-state index < -0.39 is 17.4 Å². The fraction of sp³-hybridized carbons (Fsp3) is 0.400. The van der Waals surface area contributed by atoms with Crippen molar-refractivity contribution in [2.24, 2.45) is 0 Å². The largest absolute Gasteiger partial charge is 0.509 e. The van der Waals surface area contributed by atoms with Gasteiger partial charge in [-0.15, -0.1) is 0 Å². The van der Waals surface area contributed by atoms with E-state index in [0.717, 1.165) is 0 Å². The summed E-state index contributed by atoms with van der Waals surface area (Å²) in [5.74, 6) is -1.93. The summed E-state index contributed by atoms with van der Waals surface area (Å²) in [7, 11) is 0. The highest BCUT2D eigenvalue weighted by molar-refractivity contribution is 5.95. The Morgan fingerprint density at radius 2 is 2.12 bits per heavy atom. The number of halogens is 1. The number of aliphatic hydroxyl groups excluding tert-OH is 1. The zero-order valence-corrected chi connectivity index (χ0v) is 4.15. The highest BCUT2D eigenvalue weighted by Gasteiger charge is 2.21. The van der Waals surface area contributed by atoms with E-state index in [2.05, 4.69) is 0 Å². The summed E-state index contributed by atoms with van der Waals surface area (Å²) in [6.07, 6.45) is 0.294. The summed E-state index contributed by atoms with van der Waals surface area (Å²) < 4.78 is 12.0. The number of hydrogen-bond acceptors (Lipinski definition) is 2. The Morgan fingerprint density at radius 3 is 2.25 bits per heavy atom. The van der Waals surface area contributed by atoms with Crippen molar-refractivity contribution in [3.63, 3.8) is 0 Å². The topological polar surface area (TPSA) is 37.3 Å². The van der Waals surface area contributed by atoms with Crippen molar-refractivity contribution in [2.45, 2.75) is 12.8 Å². The van der Waals surface area contributed by atoms with Crippen LogP contribution >= 0.6 is 0 Å². The Bertz CT molecular complexity index is 160. The van der Waals surface area contributed by atoms with Gasteiger partial charge in [0.15, 0.2) is 5.78 Å². The van der Waals surface area contributed by atoms with Crippen LogP contribution in [0.2, 0.25) is 0 Å². The molecular weight excluding hydrogens is 111 g/mol. The van der Waals surface area contributed by atoms with Crippen LogP contribution in [0.5, 0.6) is 0 Å². The van der Waals surface area contributed by atoms with Crippen molar-refractivity contribution >= 4 is 5.78 Å². The summed E-state index contributed by atoms with van der Waals surface area (Å²) in [5, 5.41) is 8.45. The van der Waals surface area contributed by atoms with Crippen LogP contribution in [0.15, 0.2) is 11.6 Å². The molecule has 0 aromatic rings. The van der Waals surface area contributed by atoms with E-state index in [-0.39, 0.29) is 12.8 Å². The molecule has 0 heterocycles. The molecule has 0 aliphatic heterocycles. The molecule has 0 amide bonds. The van der Waals surface area contributed by atoms with Crippen molar-refractivity contribution < 1.29 is 14.3 Å². The van der Waals surface area contributed by atoms with Gasteiger partial charge < -0.3 is 5.11 Å². The molecule has 44 valence electrons. The van der Waals surface area contributed by atoms with Gasteiger partial charge in [0.1, 0.15) is 5.76 Å². The zero-order valence-electron chi connectivity index (χ0n) is 4.15. The van der Waals surface area contributed by atoms with Crippen LogP contribution in [0.25, 0.3) is 0 Å². The van der Waals surface area contributed by atoms with Crippen LogP contribution in [0, 0.1) is 0 Å². The monoisotopic (exact) mass is 116 g/mol. The third-order valence-corrected chi connectivity index (χ3v) is 1.09. The fourth-order valence-corrected chi connectivity index (χ4v) is 0.612. The SMILES string of the molecule is O=C1CCC(O)=C1F. The maximum absolute atomic E-state index is 12.0. The zero-order chi connectivity index (χ0) is 6.15. The molecule has 0 bridgehead atoms. The first-order valence-corrected chi connectivity index (χ1v) is 2.32. The van der Waals surface area contributed by atoms with Gasteiger partial charge in [-0.3, -0.25) is 4.79 Å².